The van der Waals surface area contributed by atoms with E-state index >= 15 is 0 Å². The van der Waals surface area contributed by atoms with Gasteiger partial charge in [0.25, 0.3) is 5.56 Å². The maximum Gasteiger partial charge on any atom is 0.260 e. The fourth-order valence-corrected chi connectivity index (χ4v) is 3.11. The molecule has 2 heterocycles. The maximum atomic E-state index is 12.4. The Labute approximate surface area is 150 Å². The van der Waals surface area contributed by atoms with Crippen molar-refractivity contribution < 1.29 is 0 Å². The van der Waals surface area contributed by atoms with Crippen LogP contribution in [0.1, 0.15) is 0 Å². The summed E-state index contributed by atoms with van der Waals surface area (Å²) in [4.78, 5) is 19.4. The largest absolute Gasteiger partial charge is 0.312 e. The smallest absolute Gasteiger partial charge is 0.260 e. The van der Waals surface area contributed by atoms with E-state index in [9.17, 15) is 4.79 Å². The van der Waals surface area contributed by atoms with Gasteiger partial charge in [-0.3, -0.25) is 4.79 Å². The van der Waals surface area contributed by atoms with E-state index in [4.69, 9.17) is 11.6 Å². The van der Waals surface area contributed by atoms with E-state index in [-0.39, 0.29) is 5.56 Å². The van der Waals surface area contributed by atoms with E-state index in [2.05, 4.69) is 25.9 Å². The van der Waals surface area contributed by atoms with Crippen molar-refractivity contribution in [3.63, 3.8) is 0 Å². The quantitative estimate of drug-likeness (QED) is 0.525. The Balaban J connectivity index is 2.03. The number of hydrogen-bond acceptors (Lipinski definition) is 2. The fourth-order valence-electron chi connectivity index (χ4n) is 2.72. The van der Waals surface area contributed by atoms with E-state index in [1.165, 1.54) is 6.33 Å². The molecule has 0 saturated carbocycles. The van der Waals surface area contributed by atoms with Crippen LogP contribution in [0.2, 0.25) is 5.02 Å². The number of nitrogens with zero attached hydrogens (tertiary/aromatic N) is 2. The van der Waals surface area contributed by atoms with Crippen LogP contribution >= 0.6 is 27.5 Å². The molecule has 4 aromatic rings. The van der Waals surface area contributed by atoms with Crippen LogP contribution in [0.3, 0.4) is 0 Å². The zero-order valence-electron chi connectivity index (χ0n) is 12.3. The fraction of sp³-hybridized carbons (Fsp3) is 0. The molecule has 4 rings (SSSR count). The molecule has 118 valence electrons. The first-order chi connectivity index (χ1) is 11.6. The van der Waals surface area contributed by atoms with Crippen molar-refractivity contribution in [1.29, 1.82) is 0 Å². The van der Waals surface area contributed by atoms with Gasteiger partial charge in [-0.25, -0.2) is 4.98 Å². The third-order valence-corrected chi connectivity index (χ3v) is 4.63. The first-order valence-corrected chi connectivity index (χ1v) is 8.41. The summed E-state index contributed by atoms with van der Waals surface area (Å²) >= 11 is 9.41. The highest BCUT2D eigenvalue weighted by molar-refractivity contribution is 9.10. The molecule has 0 saturated heterocycles. The summed E-state index contributed by atoms with van der Waals surface area (Å²) in [7, 11) is 0. The minimum absolute atomic E-state index is 0.166. The zero-order chi connectivity index (χ0) is 16.7. The normalized spacial score (nSPS) is 11.1. The van der Waals surface area contributed by atoms with E-state index in [1.54, 1.807) is 0 Å². The van der Waals surface area contributed by atoms with Gasteiger partial charge < -0.3 is 9.55 Å². The molecule has 0 bridgehead atoms. The Morgan fingerprint density at radius 3 is 2.46 bits per heavy atom. The number of halogens is 2. The summed E-state index contributed by atoms with van der Waals surface area (Å²) in [5, 5.41) is 1.21. The van der Waals surface area contributed by atoms with E-state index < -0.39 is 0 Å². The molecule has 0 radical (unpaired) electrons. The van der Waals surface area contributed by atoms with Crippen molar-refractivity contribution in [3.8, 4) is 16.8 Å². The standard InChI is InChI=1S/C18H11BrClN3O/c19-12-3-7-14(8-4-12)23-9-15(11-1-5-13(20)6-2-11)16-17(23)21-10-22-18(16)24/h1-10H,(H,21,22,24). The van der Waals surface area contributed by atoms with Crippen LogP contribution in [0, 0.1) is 0 Å². The molecule has 2 aromatic heterocycles. The Morgan fingerprint density at radius 2 is 1.75 bits per heavy atom. The van der Waals surface area contributed by atoms with Gasteiger partial charge >= 0.3 is 0 Å². The maximum absolute atomic E-state index is 12.4. The summed E-state index contributed by atoms with van der Waals surface area (Å²) in [5.74, 6) is 0. The van der Waals surface area contributed by atoms with Crippen LogP contribution < -0.4 is 5.56 Å². The second kappa shape index (κ2) is 5.92. The van der Waals surface area contributed by atoms with Gasteiger partial charge in [-0.2, -0.15) is 0 Å². The van der Waals surface area contributed by atoms with E-state index in [1.807, 2.05) is 59.3 Å². The molecule has 1 N–H and O–H groups in total. The van der Waals surface area contributed by atoms with Gasteiger partial charge in [-0.05, 0) is 42.0 Å². The number of hydrogen-bond donors (Lipinski definition) is 1. The number of fused-ring (bicyclic) bond motifs is 1. The van der Waals surface area contributed by atoms with Gasteiger partial charge in [0, 0.05) is 26.9 Å². The summed E-state index contributed by atoms with van der Waals surface area (Å²) in [6.45, 7) is 0. The molecule has 0 spiro atoms. The third-order valence-electron chi connectivity index (χ3n) is 3.85. The molecule has 0 fully saturated rings. The first kappa shape index (κ1) is 15.2. The molecular weight excluding hydrogens is 390 g/mol. The topological polar surface area (TPSA) is 50.7 Å². The van der Waals surface area contributed by atoms with Crippen LogP contribution in [-0.2, 0) is 0 Å². The molecule has 2 aromatic carbocycles. The molecule has 0 aliphatic carbocycles. The lowest BCUT2D eigenvalue weighted by Gasteiger charge is -2.04. The predicted molar refractivity (Wildman–Crippen MR) is 99.8 cm³/mol. The van der Waals surface area contributed by atoms with Gasteiger partial charge in [-0.1, -0.05) is 39.7 Å². The van der Waals surface area contributed by atoms with Gasteiger partial charge in [0.2, 0.25) is 0 Å². The molecule has 0 aliphatic heterocycles. The molecule has 6 heteroatoms. The lowest BCUT2D eigenvalue weighted by atomic mass is 10.1. The van der Waals surface area contributed by atoms with Crippen molar-refractivity contribution in [3.05, 3.63) is 80.9 Å². The van der Waals surface area contributed by atoms with Gasteiger partial charge in [0.05, 0.1) is 11.7 Å². The zero-order valence-corrected chi connectivity index (χ0v) is 14.7. The third kappa shape index (κ3) is 2.56. The van der Waals surface area contributed by atoms with Crippen molar-refractivity contribution in [2.45, 2.75) is 0 Å². The van der Waals surface area contributed by atoms with Crippen molar-refractivity contribution >= 4 is 38.6 Å². The highest BCUT2D eigenvalue weighted by Crippen LogP contribution is 2.30. The highest BCUT2D eigenvalue weighted by atomic mass is 79.9. The van der Waals surface area contributed by atoms with Crippen LogP contribution in [0.25, 0.3) is 27.8 Å². The Morgan fingerprint density at radius 1 is 1.04 bits per heavy atom. The number of nitrogens with one attached hydrogen (secondary N) is 1. The molecule has 0 amide bonds. The highest BCUT2D eigenvalue weighted by Gasteiger charge is 2.15. The second-order valence-electron chi connectivity index (χ2n) is 5.33. The molecule has 4 nitrogen and oxygen atoms in total. The molecule has 0 atom stereocenters. The van der Waals surface area contributed by atoms with Crippen LogP contribution in [0.15, 0.2) is 70.3 Å². The van der Waals surface area contributed by atoms with Crippen LogP contribution in [0.5, 0.6) is 0 Å². The lowest BCUT2D eigenvalue weighted by molar-refractivity contribution is 1.07. The summed E-state index contributed by atoms with van der Waals surface area (Å²) in [6, 6.07) is 15.3. The summed E-state index contributed by atoms with van der Waals surface area (Å²) in [6.07, 6.45) is 3.35. The van der Waals surface area contributed by atoms with Crippen molar-refractivity contribution in [2.75, 3.05) is 0 Å². The molecule has 24 heavy (non-hydrogen) atoms. The monoisotopic (exact) mass is 399 g/mol. The number of H-pyrrole nitrogens is 1. The van der Waals surface area contributed by atoms with Crippen molar-refractivity contribution in [1.82, 2.24) is 14.5 Å². The van der Waals surface area contributed by atoms with E-state index in [0.29, 0.717) is 16.1 Å². The van der Waals surface area contributed by atoms with Gasteiger partial charge in [0.15, 0.2) is 5.65 Å². The SMILES string of the molecule is O=c1[nH]cnc2c1c(-c1ccc(Cl)cc1)cn2-c1ccc(Br)cc1. The number of rotatable bonds is 2. The Bertz CT molecular complexity index is 1080. The molecular formula is C18H11BrClN3O. The predicted octanol–water partition coefficient (Wildman–Crippen LogP) is 4.80. The Hall–Kier alpha value is -2.37. The van der Waals surface area contributed by atoms with E-state index in [0.717, 1.165) is 21.3 Å². The average Bonchev–Trinajstić information content (AvgIpc) is 2.97. The van der Waals surface area contributed by atoms with Crippen molar-refractivity contribution in [2.24, 2.45) is 0 Å². The van der Waals surface area contributed by atoms with Gasteiger partial charge in [0.1, 0.15) is 0 Å². The number of aromatic amines is 1. The van der Waals surface area contributed by atoms with Crippen LogP contribution in [-0.4, -0.2) is 14.5 Å². The Kier molecular flexibility index (Phi) is 3.75. The summed E-state index contributed by atoms with van der Waals surface area (Å²) in [5.41, 5.74) is 3.12. The minimum Gasteiger partial charge on any atom is -0.312 e. The molecule has 0 aliphatic rings. The number of benzene rings is 2. The second-order valence-corrected chi connectivity index (χ2v) is 6.68. The molecule has 0 unspecified atom stereocenters. The first-order valence-electron chi connectivity index (χ1n) is 7.24. The average molecular weight is 401 g/mol. The number of aromatic nitrogens is 3. The van der Waals surface area contributed by atoms with Gasteiger partial charge in [-0.15, -0.1) is 0 Å². The van der Waals surface area contributed by atoms with Crippen LogP contribution in [0.4, 0.5) is 0 Å². The minimum atomic E-state index is -0.166. The summed E-state index contributed by atoms with van der Waals surface area (Å²) < 4.78 is 2.91. The lowest BCUT2D eigenvalue weighted by Crippen LogP contribution is -2.07.